The summed E-state index contributed by atoms with van der Waals surface area (Å²) in [6, 6.07) is 7.06. The summed E-state index contributed by atoms with van der Waals surface area (Å²) < 4.78 is 46.7. The number of β-amino-alcohol motifs (C(OH)–C–C–N with tert-alkyl or cyclic N) is 1. The average molecular weight is 528 g/mol. The van der Waals surface area contributed by atoms with Crippen molar-refractivity contribution in [3.8, 4) is 0 Å². The van der Waals surface area contributed by atoms with Crippen LogP contribution < -0.4 is 10.2 Å². The minimum atomic E-state index is -4.81. The van der Waals surface area contributed by atoms with Crippen LogP contribution in [0.3, 0.4) is 0 Å². The lowest BCUT2D eigenvalue weighted by atomic mass is 10.1. The molecule has 2 atom stereocenters. The Hall–Kier alpha value is -2.25. The molecule has 2 saturated heterocycles. The van der Waals surface area contributed by atoms with Gasteiger partial charge in [0.15, 0.2) is 5.69 Å². The van der Waals surface area contributed by atoms with Crippen LogP contribution in [-0.4, -0.2) is 91.9 Å². The molecule has 1 aromatic carbocycles. The summed E-state index contributed by atoms with van der Waals surface area (Å²) in [4.78, 5) is 22.4. The zero-order valence-electron chi connectivity index (χ0n) is 20.4. The molecule has 8 nitrogen and oxygen atoms in total. The molecule has 4 rings (SSSR count). The Labute approximate surface area is 212 Å². The van der Waals surface area contributed by atoms with E-state index in [1.807, 2.05) is 36.2 Å². The normalized spacial score (nSPS) is 19.8. The van der Waals surface area contributed by atoms with Gasteiger partial charge in [-0.1, -0.05) is 12.1 Å². The molecular formula is C24H32F3N5O3S. The topological polar surface area (TPSA) is 81.2 Å². The Bertz CT molecular complexity index is 1040. The first-order chi connectivity index (χ1) is 17.1. The molecular weight excluding hydrogens is 495 g/mol. The highest BCUT2D eigenvalue weighted by molar-refractivity contribution is 7.13. The molecule has 0 spiro atoms. The summed E-state index contributed by atoms with van der Waals surface area (Å²) in [5.41, 5.74) is 0.493. The van der Waals surface area contributed by atoms with Crippen LogP contribution in [0.25, 0.3) is 0 Å². The Morgan fingerprint density at radius 3 is 2.56 bits per heavy atom. The third kappa shape index (κ3) is 6.54. The Kier molecular flexibility index (Phi) is 8.51. The number of ether oxygens (including phenoxy) is 1. The van der Waals surface area contributed by atoms with E-state index in [0.29, 0.717) is 37.6 Å². The number of aromatic nitrogens is 1. The van der Waals surface area contributed by atoms with Crippen molar-refractivity contribution < 1.29 is 27.8 Å². The smallest absolute Gasteiger partial charge is 0.385 e. The highest BCUT2D eigenvalue weighted by Crippen LogP contribution is 2.36. The second kappa shape index (κ2) is 11.4. The number of hydrogen-bond donors (Lipinski definition) is 2. The first-order valence-corrected chi connectivity index (χ1v) is 12.8. The summed E-state index contributed by atoms with van der Waals surface area (Å²) >= 11 is 0.602. The number of nitrogens with zero attached hydrogens (tertiary/aromatic N) is 4. The summed E-state index contributed by atoms with van der Waals surface area (Å²) in [5, 5.41) is 13.2. The number of likely N-dealkylation sites (N-methyl/N-ethyl adjacent to an activating group) is 1. The number of carbonyl (C=O) groups is 1. The Balaban J connectivity index is 1.47. The van der Waals surface area contributed by atoms with Crippen LogP contribution in [0.5, 0.6) is 0 Å². The number of anilines is 1. The van der Waals surface area contributed by atoms with Gasteiger partial charge in [0, 0.05) is 51.5 Å². The van der Waals surface area contributed by atoms with Crippen LogP contribution in [0.2, 0.25) is 0 Å². The highest BCUT2D eigenvalue weighted by Gasteiger charge is 2.40. The number of benzene rings is 1. The van der Waals surface area contributed by atoms with E-state index in [9.17, 15) is 23.1 Å². The van der Waals surface area contributed by atoms with Gasteiger partial charge in [-0.3, -0.25) is 9.69 Å². The maximum Gasteiger partial charge on any atom is 0.435 e. The molecule has 2 N–H and O–H groups in total. The molecule has 1 amide bonds. The van der Waals surface area contributed by atoms with E-state index in [0.717, 1.165) is 37.4 Å². The van der Waals surface area contributed by atoms with Gasteiger partial charge in [-0.15, -0.1) is 11.3 Å². The van der Waals surface area contributed by atoms with Crippen LogP contribution in [0.4, 0.5) is 18.9 Å². The molecule has 36 heavy (non-hydrogen) atoms. The first kappa shape index (κ1) is 26.8. The number of morpholine rings is 1. The van der Waals surface area contributed by atoms with Gasteiger partial charge in [-0.2, -0.15) is 13.2 Å². The van der Waals surface area contributed by atoms with Gasteiger partial charge in [0.1, 0.15) is 16.0 Å². The quantitative estimate of drug-likeness (QED) is 0.573. The van der Waals surface area contributed by atoms with E-state index in [1.54, 1.807) is 6.92 Å². The minimum absolute atomic E-state index is 0.103. The monoisotopic (exact) mass is 527 g/mol. The van der Waals surface area contributed by atoms with Gasteiger partial charge < -0.3 is 25.0 Å². The number of alkyl halides is 3. The van der Waals surface area contributed by atoms with Gasteiger partial charge >= 0.3 is 6.18 Å². The van der Waals surface area contributed by atoms with Crippen LogP contribution in [0.15, 0.2) is 24.3 Å². The molecule has 198 valence electrons. The molecule has 2 aliphatic rings. The van der Waals surface area contributed by atoms with Crippen molar-refractivity contribution in [3.05, 3.63) is 45.4 Å². The summed E-state index contributed by atoms with van der Waals surface area (Å²) in [6.45, 7) is 7.71. The van der Waals surface area contributed by atoms with Gasteiger partial charge in [-0.25, -0.2) is 4.98 Å². The molecule has 0 radical (unpaired) electrons. The molecule has 0 bridgehead atoms. The second-order valence-corrected chi connectivity index (χ2v) is 10.3. The third-order valence-electron chi connectivity index (χ3n) is 6.52. The van der Waals surface area contributed by atoms with Crippen LogP contribution in [0.1, 0.15) is 45.0 Å². The lowest BCUT2D eigenvalue weighted by molar-refractivity contribution is -0.141. The van der Waals surface area contributed by atoms with E-state index in [1.165, 1.54) is 0 Å². The molecule has 2 aromatic rings. The molecule has 2 unspecified atom stereocenters. The molecule has 2 fully saturated rings. The fraction of sp³-hybridized carbons (Fsp3) is 0.583. The number of rotatable bonds is 7. The lowest BCUT2D eigenvalue weighted by Crippen LogP contribution is -2.45. The van der Waals surface area contributed by atoms with E-state index in [2.05, 4.69) is 20.1 Å². The number of hydrogen-bond acceptors (Lipinski definition) is 8. The number of piperazine rings is 1. The number of nitrogens with one attached hydrogen (secondary N) is 1. The Morgan fingerprint density at radius 1 is 1.19 bits per heavy atom. The highest BCUT2D eigenvalue weighted by atomic mass is 32.1. The largest absolute Gasteiger partial charge is 0.435 e. The summed E-state index contributed by atoms with van der Waals surface area (Å²) in [6.07, 6.45) is -6.02. The van der Waals surface area contributed by atoms with Crippen LogP contribution in [0, 0.1) is 0 Å². The fourth-order valence-electron chi connectivity index (χ4n) is 4.34. The lowest BCUT2D eigenvalue weighted by Gasteiger charge is -2.33. The molecule has 2 aliphatic heterocycles. The third-order valence-corrected chi connectivity index (χ3v) is 7.68. The average Bonchev–Trinajstić information content (AvgIpc) is 3.33. The van der Waals surface area contributed by atoms with Crippen molar-refractivity contribution in [2.24, 2.45) is 0 Å². The number of thiazole rings is 1. The van der Waals surface area contributed by atoms with Crippen LogP contribution >= 0.6 is 11.3 Å². The number of carbonyl (C=O) groups excluding carboxylic acids is 1. The zero-order chi connectivity index (χ0) is 25.9. The first-order valence-electron chi connectivity index (χ1n) is 12.0. The van der Waals surface area contributed by atoms with Gasteiger partial charge in [0.2, 0.25) is 0 Å². The van der Waals surface area contributed by atoms with Crippen LogP contribution in [-0.2, 0) is 10.9 Å². The van der Waals surface area contributed by atoms with E-state index >= 15 is 0 Å². The Morgan fingerprint density at radius 2 is 1.89 bits per heavy atom. The van der Waals surface area contributed by atoms with Gasteiger partial charge in [0.05, 0.1) is 19.3 Å². The van der Waals surface area contributed by atoms with Crippen molar-refractivity contribution in [1.82, 2.24) is 20.1 Å². The maximum absolute atomic E-state index is 13.8. The number of halogens is 3. The predicted octanol–water partition coefficient (Wildman–Crippen LogP) is 2.77. The zero-order valence-corrected chi connectivity index (χ0v) is 21.2. The van der Waals surface area contributed by atoms with E-state index < -0.39 is 34.8 Å². The minimum Gasteiger partial charge on any atom is -0.385 e. The fourth-order valence-corrected chi connectivity index (χ4v) is 5.30. The van der Waals surface area contributed by atoms with Crippen molar-refractivity contribution in [1.29, 1.82) is 0 Å². The molecule has 1 aromatic heterocycles. The molecule has 12 heteroatoms. The molecule has 0 saturated carbocycles. The molecule has 0 aliphatic carbocycles. The summed E-state index contributed by atoms with van der Waals surface area (Å²) in [7, 11) is 2.00. The number of amides is 1. The van der Waals surface area contributed by atoms with Crippen molar-refractivity contribution in [3.63, 3.8) is 0 Å². The number of aliphatic hydroxyl groups is 1. The summed E-state index contributed by atoms with van der Waals surface area (Å²) in [5.74, 6) is -0.859. The van der Waals surface area contributed by atoms with Crippen molar-refractivity contribution in [2.45, 2.75) is 25.2 Å². The van der Waals surface area contributed by atoms with Crippen molar-refractivity contribution >= 4 is 22.9 Å². The standard InChI is InChI=1S/C24H32F3N5O3S/c1-16(17-4-3-5-18(14-17)32-10-12-35-13-11-32)28-22(34)20-21(24(25,26)27)29-23(36-20)19(33)15-31-8-6-30(2)7-9-31/h3-5,14,16,19,33H,6-13,15H2,1-2H3,(H,28,34). The van der Waals surface area contributed by atoms with E-state index in [-0.39, 0.29) is 11.6 Å². The van der Waals surface area contributed by atoms with Gasteiger partial charge in [0.25, 0.3) is 5.91 Å². The SMILES string of the molecule is CC(NC(=O)c1sc(C(O)CN2CCN(C)CC2)nc1C(F)(F)F)c1cccc(N2CCOCC2)c1. The number of aliphatic hydroxyl groups excluding tert-OH is 1. The van der Waals surface area contributed by atoms with Gasteiger partial charge in [-0.05, 0) is 31.7 Å². The van der Waals surface area contributed by atoms with Crippen molar-refractivity contribution in [2.75, 3.05) is 71.0 Å². The maximum atomic E-state index is 13.8. The van der Waals surface area contributed by atoms with E-state index in [4.69, 9.17) is 4.74 Å². The molecule has 3 heterocycles. The second-order valence-electron chi connectivity index (χ2n) is 9.24. The predicted molar refractivity (Wildman–Crippen MR) is 131 cm³/mol.